The van der Waals surface area contributed by atoms with Crippen molar-refractivity contribution in [1.82, 2.24) is 9.78 Å². The minimum absolute atomic E-state index is 0.0856. The Balaban J connectivity index is 2.22. The third kappa shape index (κ3) is 4.09. The molecule has 0 amide bonds. The average molecular weight is 414 g/mol. The molecule has 11 heteroatoms. The van der Waals surface area contributed by atoms with Crippen LogP contribution in [0, 0.1) is 0 Å². The predicted octanol–water partition coefficient (Wildman–Crippen LogP) is 4.22. The molecule has 3 N–H and O–H groups in total. The monoisotopic (exact) mass is 414 g/mol. The van der Waals surface area contributed by atoms with Crippen molar-refractivity contribution in [3.8, 4) is 16.8 Å². The Morgan fingerprint density at radius 1 is 0.897 bits per heavy atom. The summed E-state index contributed by atoms with van der Waals surface area (Å²) < 4.78 is 78.6. The standard InChI is InChI=1S/C18H12F6N4O/c19-17(20,21)11-4-1-3-10(7-11)15-14(27-25)9-26-28(16(15)29)13-6-2-5-12(8-13)18(22,23)24/h1-9,27H,25H2. The molecule has 0 saturated carbocycles. The van der Waals surface area contributed by atoms with Gasteiger partial charge >= 0.3 is 12.4 Å². The van der Waals surface area contributed by atoms with Gasteiger partial charge < -0.3 is 5.43 Å². The summed E-state index contributed by atoms with van der Waals surface area (Å²) in [5.41, 5.74) is -1.47. The van der Waals surface area contributed by atoms with Crippen LogP contribution in [0.15, 0.2) is 59.5 Å². The van der Waals surface area contributed by atoms with E-state index in [4.69, 9.17) is 5.84 Å². The third-order valence-corrected chi connectivity index (χ3v) is 4.03. The van der Waals surface area contributed by atoms with Crippen LogP contribution in [0.5, 0.6) is 0 Å². The molecule has 0 spiro atoms. The van der Waals surface area contributed by atoms with Gasteiger partial charge in [0.15, 0.2) is 0 Å². The highest BCUT2D eigenvalue weighted by Gasteiger charge is 2.32. The summed E-state index contributed by atoms with van der Waals surface area (Å²) in [6, 6.07) is 7.76. The summed E-state index contributed by atoms with van der Waals surface area (Å²) in [6.45, 7) is 0. The average Bonchev–Trinajstić information content (AvgIpc) is 2.66. The van der Waals surface area contributed by atoms with Crippen LogP contribution in [0.1, 0.15) is 11.1 Å². The Morgan fingerprint density at radius 3 is 2.07 bits per heavy atom. The molecule has 1 aromatic heterocycles. The SMILES string of the molecule is NNc1cnn(-c2cccc(C(F)(F)F)c2)c(=O)c1-c1cccc(C(F)(F)F)c1. The van der Waals surface area contributed by atoms with Gasteiger partial charge in [-0.3, -0.25) is 10.6 Å². The number of aromatic nitrogens is 2. The fraction of sp³-hybridized carbons (Fsp3) is 0.111. The van der Waals surface area contributed by atoms with Gasteiger partial charge in [-0.2, -0.15) is 36.1 Å². The van der Waals surface area contributed by atoms with Crippen LogP contribution < -0.4 is 16.8 Å². The summed E-state index contributed by atoms with van der Waals surface area (Å²) in [5.74, 6) is 5.34. The maximum Gasteiger partial charge on any atom is 0.416 e. The molecule has 2 aromatic carbocycles. The molecule has 0 fully saturated rings. The third-order valence-electron chi connectivity index (χ3n) is 4.03. The van der Waals surface area contributed by atoms with E-state index in [1.807, 2.05) is 0 Å². The summed E-state index contributed by atoms with van der Waals surface area (Å²) in [6.07, 6.45) is -8.26. The molecule has 1 heterocycles. The molecule has 3 rings (SSSR count). The van der Waals surface area contributed by atoms with Gasteiger partial charge in [0.2, 0.25) is 0 Å². The van der Waals surface area contributed by atoms with E-state index in [-0.39, 0.29) is 22.5 Å². The van der Waals surface area contributed by atoms with Gasteiger partial charge in [-0.25, -0.2) is 0 Å². The molecule has 0 saturated heterocycles. The second-order valence-electron chi connectivity index (χ2n) is 5.92. The highest BCUT2D eigenvalue weighted by Crippen LogP contribution is 2.33. The van der Waals surface area contributed by atoms with Crippen molar-refractivity contribution in [1.29, 1.82) is 0 Å². The first-order chi connectivity index (χ1) is 13.5. The van der Waals surface area contributed by atoms with E-state index in [1.54, 1.807) is 0 Å². The lowest BCUT2D eigenvalue weighted by Crippen LogP contribution is -2.25. The minimum Gasteiger partial charge on any atom is -0.322 e. The Labute approximate surface area is 159 Å². The van der Waals surface area contributed by atoms with Gasteiger partial charge in [-0.1, -0.05) is 18.2 Å². The molecule has 0 atom stereocenters. The zero-order valence-corrected chi connectivity index (χ0v) is 14.3. The molecule has 0 aliphatic carbocycles. The van der Waals surface area contributed by atoms with Crippen molar-refractivity contribution in [2.75, 3.05) is 5.43 Å². The van der Waals surface area contributed by atoms with E-state index in [9.17, 15) is 31.1 Å². The second kappa shape index (κ2) is 7.24. The summed E-state index contributed by atoms with van der Waals surface area (Å²) >= 11 is 0. The highest BCUT2D eigenvalue weighted by molar-refractivity contribution is 5.76. The molecule has 0 aliphatic heterocycles. The lowest BCUT2D eigenvalue weighted by atomic mass is 10.0. The van der Waals surface area contributed by atoms with Crippen LogP contribution in [0.4, 0.5) is 32.0 Å². The zero-order chi connectivity index (χ0) is 21.4. The smallest absolute Gasteiger partial charge is 0.322 e. The molecule has 0 bridgehead atoms. The minimum atomic E-state index is -4.65. The molecular weight excluding hydrogens is 402 g/mol. The molecule has 0 unspecified atom stereocenters. The summed E-state index contributed by atoms with van der Waals surface area (Å²) in [7, 11) is 0. The van der Waals surface area contributed by atoms with Crippen LogP contribution in [0.3, 0.4) is 0 Å². The Bertz CT molecular complexity index is 1100. The molecule has 0 aliphatic rings. The molecule has 3 aromatic rings. The van der Waals surface area contributed by atoms with E-state index in [1.165, 1.54) is 12.1 Å². The van der Waals surface area contributed by atoms with E-state index < -0.39 is 29.0 Å². The van der Waals surface area contributed by atoms with Crippen molar-refractivity contribution < 1.29 is 26.3 Å². The van der Waals surface area contributed by atoms with Gasteiger partial charge in [0, 0.05) is 0 Å². The van der Waals surface area contributed by atoms with Crippen molar-refractivity contribution in [2.24, 2.45) is 5.84 Å². The number of nitrogens with zero attached hydrogens (tertiary/aromatic N) is 2. The van der Waals surface area contributed by atoms with Gasteiger partial charge in [0.1, 0.15) is 0 Å². The fourth-order valence-electron chi connectivity index (χ4n) is 2.69. The first kappa shape index (κ1) is 20.4. The van der Waals surface area contributed by atoms with Crippen molar-refractivity contribution in [3.63, 3.8) is 0 Å². The molecule has 29 heavy (non-hydrogen) atoms. The normalized spacial score (nSPS) is 12.1. The van der Waals surface area contributed by atoms with Gasteiger partial charge in [-0.15, -0.1) is 0 Å². The largest absolute Gasteiger partial charge is 0.416 e. The number of alkyl halides is 6. The van der Waals surface area contributed by atoms with E-state index in [0.29, 0.717) is 10.7 Å². The topological polar surface area (TPSA) is 72.9 Å². The van der Waals surface area contributed by atoms with Crippen LogP contribution in [0.2, 0.25) is 0 Å². The lowest BCUT2D eigenvalue weighted by Gasteiger charge is -2.14. The van der Waals surface area contributed by atoms with Crippen LogP contribution in [-0.2, 0) is 12.4 Å². The second-order valence-corrected chi connectivity index (χ2v) is 5.92. The van der Waals surface area contributed by atoms with Crippen LogP contribution >= 0.6 is 0 Å². The Hall–Kier alpha value is -3.34. The van der Waals surface area contributed by atoms with E-state index >= 15 is 0 Å². The maximum atomic E-state index is 13.0. The van der Waals surface area contributed by atoms with Crippen molar-refractivity contribution in [2.45, 2.75) is 12.4 Å². The Kier molecular flexibility index (Phi) is 5.09. The number of hydrogen-bond acceptors (Lipinski definition) is 4. The number of benzene rings is 2. The summed E-state index contributed by atoms with van der Waals surface area (Å²) in [5, 5.41) is 3.77. The Morgan fingerprint density at radius 2 is 1.48 bits per heavy atom. The number of nitrogens with one attached hydrogen (secondary N) is 1. The van der Waals surface area contributed by atoms with Crippen molar-refractivity contribution >= 4 is 5.69 Å². The molecule has 5 nitrogen and oxygen atoms in total. The number of hydrogen-bond donors (Lipinski definition) is 2. The van der Waals surface area contributed by atoms with Crippen LogP contribution in [0.25, 0.3) is 16.8 Å². The van der Waals surface area contributed by atoms with Crippen molar-refractivity contribution in [3.05, 3.63) is 76.2 Å². The first-order valence-electron chi connectivity index (χ1n) is 7.96. The van der Waals surface area contributed by atoms with Gasteiger partial charge in [0.05, 0.1) is 34.3 Å². The number of anilines is 1. The number of nitrogen functional groups attached to an aromatic ring is 1. The van der Waals surface area contributed by atoms with Gasteiger partial charge in [-0.05, 0) is 35.9 Å². The quantitative estimate of drug-likeness (QED) is 0.382. The van der Waals surface area contributed by atoms with E-state index in [0.717, 1.165) is 36.5 Å². The molecule has 0 radical (unpaired) electrons. The maximum absolute atomic E-state index is 13.0. The number of halogens is 6. The van der Waals surface area contributed by atoms with Crippen LogP contribution in [-0.4, -0.2) is 9.78 Å². The summed E-state index contributed by atoms with van der Waals surface area (Å²) in [4.78, 5) is 12.9. The molecular formula is C18H12F6N4O. The lowest BCUT2D eigenvalue weighted by molar-refractivity contribution is -0.138. The molecule has 152 valence electrons. The predicted molar refractivity (Wildman–Crippen MR) is 93.1 cm³/mol. The van der Waals surface area contributed by atoms with E-state index in [2.05, 4.69) is 10.5 Å². The zero-order valence-electron chi connectivity index (χ0n) is 14.3. The first-order valence-corrected chi connectivity index (χ1v) is 7.96. The number of nitrogens with two attached hydrogens (primary N) is 1. The van der Waals surface area contributed by atoms with Gasteiger partial charge in [0.25, 0.3) is 5.56 Å². The number of hydrazine groups is 1. The fourth-order valence-corrected chi connectivity index (χ4v) is 2.69. The number of rotatable bonds is 3. The highest BCUT2D eigenvalue weighted by atomic mass is 19.4.